The Hall–Kier alpha value is -2.96. The van der Waals surface area contributed by atoms with E-state index in [0.29, 0.717) is 32.4 Å². The van der Waals surface area contributed by atoms with E-state index in [0.717, 1.165) is 5.56 Å². The lowest BCUT2D eigenvalue weighted by Gasteiger charge is -2.31. The zero-order valence-corrected chi connectivity index (χ0v) is 15.4. The molecule has 1 unspecified atom stereocenters. The molecule has 1 atom stereocenters. The van der Waals surface area contributed by atoms with Crippen LogP contribution in [0, 0.1) is 5.92 Å². The Morgan fingerprint density at radius 3 is 2.37 bits per heavy atom. The summed E-state index contributed by atoms with van der Waals surface area (Å²) in [5.41, 5.74) is 5.95. The Kier molecular flexibility index (Phi) is 7.28. The number of Topliss-reactive ketones (excluding diaryl/α,β-unsaturated/α-hetero) is 1. The average molecular weight is 371 g/mol. The van der Waals surface area contributed by atoms with E-state index in [-0.39, 0.29) is 17.7 Å². The van der Waals surface area contributed by atoms with Gasteiger partial charge in [0.15, 0.2) is 0 Å². The molecular formula is C20H25N3O4. The Bertz CT molecular complexity index is 722. The normalized spacial score (nSPS) is 16.1. The Labute approximate surface area is 158 Å². The first kappa shape index (κ1) is 20.4. The van der Waals surface area contributed by atoms with Crippen molar-refractivity contribution >= 4 is 29.6 Å². The number of carbonyl (C=O) groups is 4. The van der Waals surface area contributed by atoms with Crippen LogP contribution in [0.15, 0.2) is 36.4 Å². The van der Waals surface area contributed by atoms with Gasteiger partial charge in [-0.2, -0.15) is 0 Å². The Morgan fingerprint density at radius 2 is 1.81 bits per heavy atom. The van der Waals surface area contributed by atoms with Crippen molar-refractivity contribution in [3.63, 3.8) is 0 Å². The highest BCUT2D eigenvalue weighted by atomic mass is 16.2. The first-order chi connectivity index (χ1) is 12.9. The van der Waals surface area contributed by atoms with Gasteiger partial charge in [0.05, 0.1) is 6.04 Å². The van der Waals surface area contributed by atoms with Gasteiger partial charge in [-0.05, 0) is 30.9 Å². The summed E-state index contributed by atoms with van der Waals surface area (Å²) in [5.74, 6) is -2.49. The van der Waals surface area contributed by atoms with Crippen molar-refractivity contribution in [1.29, 1.82) is 0 Å². The second-order valence-electron chi connectivity index (χ2n) is 6.54. The predicted octanol–water partition coefficient (Wildman–Crippen LogP) is 0.888. The highest BCUT2D eigenvalue weighted by Gasteiger charge is 2.30. The zero-order chi connectivity index (χ0) is 19.8. The molecule has 144 valence electrons. The maximum atomic E-state index is 12.3. The Balaban J connectivity index is 1.84. The number of nitrogens with zero attached hydrogens (tertiary/aromatic N) is 1. The standard InChI is InChI=1S/C20H25N3O4/c1-2-16(18(25)19(21)26)22-20(27)15-10-12-23(13-11-15)17(24)9-8-14-6-4-3-5-7-14/h3-9,15-16H,2,10-13H2,1H3,(H2,21,26)(H,22,27)/b9-8+. The molecule has 1 fully saturated rings. The van der Waals surface area contributed by atoms with E-state index < -0.39 is 17.7 Å². The molecule has 1 aliphatic heterocycles. The highest BCUT2D eigenvalue weighted by Crippen LogP contribution is 2.18. The first-order valence-corrected chi connectivity index (χ1v) is 9.08. The number of primary amides is 1. The van der Waals surface area contributed by atoms with Crippen LogP contribution < -0.4 is 11.1 Å². The third-order valence-electron chi connectivity index (χ3n) is 4.68. The number of amides is 3. The van der Waals surface area contributed by atoms with Gasteiger partial charge in [-0.15, -0.1) is 0 Å². The van der Waals surface area contributed by atoms with Crippen molar-refractivity contribution in [3.05, 3.63) is 42.0 Å². The summed E-state index contributed by atoms with van der Waals surface area (Å²) in [7, 11) is 0. The second kappa shape index (κ2) is 9.66. The van der Waals surface area contributed by atoms with Gasteiger partial charge in [-0.3, -0.25) is 19.2 Å². The van der Waals surface area contributed by atoms with Crippen LogP contribution in [0.1, 0.15) is 31.7 Å². The molecule has 1 saturated heterocycles. The topological polar surface area (TPSA) is 110 Å². The zero-order valence-electron chi connectivity index (χ0n) is 15.4. The van der Waals surface area contributed by atoms with Gasteiger partial charge >= 0.3 is 0 Å². The molecule has 0 saturated carbocycles. The predicted molar refractivity (Wildman–Crippen MR) is 101 cm³/mol. The van der Waals surface area contributed by atoms with Crippen LogP contribution >= 0.6 is 0 Å². The molecule has 1 heterocycles. The summed E-state index contributed by atoms with van der Waals surface area (Å²) in [6.07, 6.45) is 4.63. The van der Waals surface area contributed by atoms with Crippen molar-refractivity contribution in [2.24, 2.45) is 11.7 Å². The number of hydrogen-bond donors (Lipinski definition) is 2. The van der Waals surface area contributed by atoms with Gasteiger partial charge in [-0.25, -0.2) is 0 Å². The van der Waals surface area contributed by atoms with Crippen molar-refractivity contribution in [2.45, 2.75) is 32.2 Å². The van der Waals surface area contributed by atoms with E-state index in [1.807, 2.05) is 30.3 Å². The summed E-state index contributed by atoms with van der Waals surface area (Å²) < 4.78 is 0. The number of benzene rings is 1. The fourth-order valence-corrected chi connectivity index (χ4v) is 3.01. The molecule has 7 heteroatoms. The minimum atomic E-state index is -1.05. The van der Waals surface area contributed by atoms with Gasteiger partial charge in [0.2, 0.25) is 17.6 Å². The molecular weight excluding hydrogens is 346 g/mol. The third kappa shape index (κ3) is 5.77. The first-order valence-electron chi connectivity index (χ1n) is 9.08. The number of ketones is 1. The fraction of sp³-hybridized carbons (Fsp3) is 0.400. The van der Waals surface area contributed by atoms with E-state index in [1.165, 1.54) is 6.08 Å². The van der Waals surface area contributed by atoms with Crippen LogP contribution in [0.25, 0.3) is 6.08 Å². The van der Waals surface area contributed by atoms with Crippen LogP contribution in [-0.4, -0.2) is 47.5 Å². The number of carbonyl (C=O) groups excluding carboxylic acids is 4. The van der Waals surface area contributed by atoms with Crippen molar-refractivity contribution in [2.75, 3.05) is 13.1 Å². The average Bonchev–Trinajstić information content (AvgIpc) is 2.70. The van der Waals surface area contributed by atoms with Crippen LogP contribution in [0.3, 0.4) is 0 Å². The number of nitrogens with two attached hydrogens (primary N) is 1. The maximum absolute atomic E-state index is 12.3. The molecule has 1 aliphatic rings. The lowest BCUT2D eigenvalue weighted by molar-refractivity contribution is -0.139. The smallest absolute Gasteiger partial charge is 0.287 e. The number of hydrogen-bond acceptors (Lipinski definition) is 4. The van der Waals surface area contributed by atoms with E-state index >= 15 is 0 Å². The van der Waals surface area contributed by atoms with E-state index in [1.54, 1.807) is 17.9 Å². The van der Waals surface area contributed by atoms with Gasteiger partial charge < -0.3 is 16.0 Å². The SMILES string of the molecule is CCC(NC(=O)C1CCN(C(=O)/C=C/c2ccccc2)CC1)C(=O)C(N)=O. The molecule has 3 amide bonds. The van der Waals surface area contributed by atoms with Crippen LogP contribution in [0.4, 0.5) is 0 Å². The van der Waals surface area contributed by atoms with Gasteiger partial charge in [-0.1, -0.05) is 37.3 Å². The lowest BCUT2D eigenvalue weighted by Crippen LogP contribution is -2.49. The maximum Gasteiger partial charge on any atom is 0.287 e. The lowest BCUT2D eigenvalue weighted by atomic mass is 9.95. The fourth-order valence-electron chi connectivity index (χ4n) is 3.01. The molecule has 7 nitrogen and oxygen atoms in total. The molecule has 3 N–H and O–H groups in total. The van der Waals surface area contributed by atoms with Crippen LogP contribution in [0.2, 0.25) is 0 Å². The molecule has 0 spiro atoms. The molecule has 1 aromatic carbocycles. The number of nitrogens with one attached hydrogen (secondary N) is 1. The largest absolute Gasteiger partial charge is 0.363 e. The van der Waals surface area contributed by atoms with Crippen molar-refractivity contribution in [3.8, 4) is 0 Å². The van der Waals surface area contributed by atoms with Gasteiger partial charge in [0.1, 0.15) is 0 Å². The number of rotatable bonds is 7. The second-order valence-corrected chi connectivity index (χ2v) is 6.54. The molecule has 27 heavy (non-hydrogen) atoms. The monoisotopic (exact) mass is 371 g/mol. The number of piperidine rings is 1. The Morgan fingerprint density at radius 1 is 1.19 bits per heavy atom. The molecule has 2 rings (SSSR count). The quantitative estimate of drug-likeness (QED) is 0.548. The molecule has 0 radical (unpaired) electrons. The van der Waals surface area contributed by atoms with Gasteiger partial charge in [0.25, 0.3) is 5.91 Å². The van der Waals surface area contributed by atoms with Gasteiger partial charge in [0, 0.05) is 25.1 Å². The third-order valence-corrected chi connectivity index (χ3v) is 4.68. The summed E-state index contributed by atoms with van der Waals surface area (Å²) in [5, 5.41) is 2.60. The summed E-state index contributed by atoms with van der Waals surface area (Å²) in [6, 6.07) is 8.66. The molecule has 0 bridgehead atoms. The van der Waals surface area contributed by atoms with E-state index in [4.69, 9.17) is 5.73 Å². The minimum absolute atomic E-state index is 0.0898. The summed E-state index contributed by atoms with van der Waals surface area (Å²) in [6.45, 7) is 2.64. The van der Waals surface area contributed by atoms with Crippen LogP contribution in [-0.2, 0) is 19.2 Å². The molecule has 0 aliphatic carbocycles. The number of likely N-dealkylation sites (tertiary alicyclic amines) is 1. The summed E-state index contributed by atoms with van der Waals surface area (Å²) >= 11 is 0. The molecule has 0 aromatic heterocycles. The minimum Gasteiger partial charge on any atom is -0.363 e. The highest BCUT2D eigenvalue weighted by molar-refractivity contribution is 6.37. The van der Waals surface area contributed by atoms with Crippen LogP contribution in [0.5, 0.6) is 0 Å². The van der Waals surface area contributed by atoms with E-state index in [9.17, 15) is 19.2 Å². The van der Waals surface area contributed by atoms with Crippen molar-refractivity contribution in [1.82, 2.24) is 10.2 Å². The molecule has 1 aromatic rings. The van der Waals surface area contributed by atoms with E-state index in [2.05, 4.69) is 5.32 Å². The van der Waals surface area contributed by atoms with Crippen molar-refractivity contribution < 1.29 is 19.2 Å². The summed E-state index contributed by atoms with van der Waals surface area (Å²) in [4.78, 5) is 49.0.